The van der Waals surface area contributed by atoms with Crippen LogP contribution >= 0.6 is 11.6 Å². The van der Waals surface area contributed by atoms with Gasteiger partial charge in [-0.3, -0.25) is 10.9 Å². The molecule has 2 aromatic rings. The van der Waals surface area contributed by atoms with Crippen LogP contribution in [-0.2, 0) is 13.0 Å². The summed E-state index contributed by atoms with van der Waals surface area (Å²) < 4.78 is 1.85. The molecular weight excluding hydrogens is 304 g/mol. The number of hydrogen-bond acceptors (Lipinski definition) is 4. The van der Waals surface area contributed by atoms with Crippen LogP contribution in [0, 0.1) is 6.92 Å². The van der Waals surface area contributed by atoms with Crippen LogP contribution in [0.1, 0.15) is 18.1 Å². The summed E-state index contributed by atoms with van der Waals surface area (Å²) in [4.78, 5) is 16.3. The zero-order chi connectivity index (χ0) is 15.5. The first kappa shape index (κ1) is 14.6. The molecule has 0 spiro atoms. The standard InChI is InChI=1S/C14H17ClN6O/c1-9-16-13-7-6-10(8-21(13)20-9)17-14(22)19-18-12-5-3-2-4-11(12)15/h2-5,10,18H,6-8H2,1H3,(H2,17,19,22). The highest BCUT2D eigenvalue weighted by molar-refractivity contribution is 6.33. The number of nitrogens with zero attached hydrogens (tertiary/aromatic N) is 3. The van der Waals surface area contributed by atoms with Crippen LogP contribution in [0.25, 0.3) is 0 Å². The lowest BCUT2D eigenvalue weighted by Gasteiger charge is -2.23. The van der Waals surface area contributed by atoms with Crippen LogP contribution < -0.4 is 16.2 Å². The number of nitrogens with one attached hydrogen (secondary N) is 3. The molecule has 3 N–H and O–H groups in total. The number of benzene rings is 1. The van der Waals surface area contributed by atoms with Gasteiger partial charge in [-0.05, 0) is 25.5 Å². The largest absolute Gasteiger partial charge is 0.333 e. The third-order valence-corrected chi connectivity index (χ3v) is 3.81. The van der Waals surface area contributed by atoms with Crippen LogP contribution in [0.2, 0.25) is 5.02 Å². The Labute approximate surface area is 133 Å². The van der Waals surface area contributed by atoms with Gasteiger partial charge in [0.25, 0.3) is 0 Å². The molecule has 8 heteroatoms. The van der Waals surface area contributed by atoms with Crippen LogP contribution in [0.4, 0.5) is 10.5 Å². The number of rotatable bonds is 3. The molecule has 1 atom stereocenters. The van der Waals surface area contributed by atoms with Crippen LogP contribution in [-0.4, -0.2) is 26.8 Å². The third kappa shape index (κ3) is 3.30. The molecule has 1 aliphatic rings. The molecule has 0 saturated heterocycles. The van der Waals surface area contributed by atoms with Crippen LogP contribution in [0.5, 0.6) is 0 Å². The molecule has 2 amide bonds. The van der Waals surface area contributed by atoms with Crippen LogP contribution in [0.15, 0.2) is 24.3 Å². The summed E-state index contributed by atoms with van der Waals surface area (Å²) in [5, 5.41) is 7.77. The molecule has 0 saturated carbocycles. The van der Waals surface area contributed by atoms with Crippen molar-refractivity contribution >= 4 is 23.3 Å². The lowest BCUT2D eigenvalue weighted by atomic mass is 10.1. The second kappa shape index (κ2) is 6.23. The van der Waals surface area contributed by atoms with E-state index in [-0.39, 0.29) is 12.1 Å². The van der Waals surface area contributed by atoms with Gasteiger partial charge < -0.3 is 5.32 Å². The summed E-state index contributed by atoms with van der Waals surface area (Å²) in [6, 6.07) is 6.93. The molecule has 7 nitrogen and oxygen atoms in total. The molecular formula is C14H17ClN6O. The summed E-state index contributed by atoms with van der Waals surface area (Å²) in [5.41, 5.74) is 6.03. The molecule has 0 bridgehead atoms. The van der Waals surface area contributed by atoms with Crippen molar-refractivity contribution in [2.75, 3.05) is 5.43 Å². The van der Waals surface area contributed by atoms with E-state index < -0.39 is 0 Å². The van der Waals surface area contributed by atoms with E-state index in [4.69, 9.17) is 11.6 Å². The van der Waals surface area contributed by atoms with Gasteiger partial charge in [-0.15, -0.1) is 0 Å². The van der Waals surface area contributed by atoms with Gasteiger partial charge in [-0.1, -0.05) is 23.7 Å². The summed E-state index contributed by atoms with van der Waals surface area (Å²) in [6.07, 6.45) is 1.65. The number of carbonyl (C=O) groups is 1. The normalized spacial score (nSPS) is 16.7. The van der Waals surface area contributed by atoms with E-state index >= 15 is 0 Å². The van der Waals surface area contributed by atoms with E-state index in [2.05, 4.69) is 26.3 Å². The maximum atomic E-state index is 11.9. The quantitative estimate of drug-likeness (QED) is 0.754. The van der Waals surface area contributed by atoms with Crippen molar-refractivity contribution in [2.45, 2.75) is 32.4 Å². The number of fused-ring (bicyclic) bond motifs is 1. The number of hydrogen-bond donors (Lipinski definition) is 3. The Balaban J connectivity index is 1.51. The van der Waals surface area contributed by atoms with E-state index in [1.54, 1.807) is 12.1 Å². The minimum Gasteiger partial charge on any atom is -0.332 e. The first-order valence-corrected chi connectivity index (χ1v) is 7.47. The van der Waals surface area contributed by atoms with Gasteiger partial charge in [0.2, 0.25) is 0 Å². The fourth-order valence-corrected chi connectivity index (χ4v) is 2.64. The Kier molecular flexibility index (Phi) is 4.15. The van der Waals surface area contributed by atoms with E-state index in [0.29, 0.717) is 17.3 Å². The maximum absolute atomic E-state index is 11.9. The SMILES string of the molecule is Cc1nc2n(n1)CC(NC(=O)NNc1ccccc1Cl)CC2. The molecule has 116 valence electrons. The molecule has 2 heterocycles. The Morgan fingerprint density at radius 3 is 3.05 bits per heavy atom. The predicted molar refractivity (Wildman–Crippen MR) is 83.6 cm³/mol. The van der Waals surface area contributed by atoms with E-state index in [0.717, 1.165) is 24.5 Å². The zero-order valence-corrected chi connectivity index (χ0v) is 12.9. The van der Waals surface area contributed by atoms with Crippen molar-refractivity contribution in [3.8, 4) is 0 Å². The van der Waals surface area contributed by atoms with Gasteiger partial charge >= 0.3 is 6.03 Å². The van der Waals surface area contributed by atoms with E-state index in [1.165, 1.54) is 0 Å². The monoisotopic (exact) mass is 320 g/mol. The third-order valence-electron chi connectivity index (χ3n) is 3.48. The second-order valence-corrected chi connectivity index (χ2v) is 5.60. The fourth-order valence-electron chi connectivity index (χ4n) is 2.46. The maximum Gasteiger partial charge on any atom is 0.333 e. The van der Waals surface area contributed by atoms with E-state index in [1.807, 2.05) is 23.7 Å². The molecule has 0 fully saturated rings. The Bertz CT molecular complexity index is 686. The number of carbonyl (C=O) groups excluding carboxylic acids is 1. The number of aromatic nitrogens is 3. The van der Waals surface area contributed by atoms with E-state index in [9.17, 15) is 4.79 Å². The molecule has 0 radical (unpaired) electrons. The van der Waals surface area contributed by atoms with Gasteiger partial charge in [0.1, 0.15) is 11.6 Å². The highest BCUT2D eigenvalue weighted by atomic mass is 35.5. The summed E-state index contributed by atoms with van der Waals surface area (Å²) in [7, 11) is 0. The summed E-state index contributed by atoms with van der Waals surface area (Å²) in [6.45, 7) is 2.50. The van der Waals surface area contributed by atoms with Crippen molar-refractivity contribution in [3.63, 3.8) is 0 Å². The fraction of sp³-hybridized carbons (Fsp3) is 0.357. The number of anilines is 1. The number of halogens is 1. The number of aryl methyl sites for hydroxylation is 2. The first-order valence-electron chi connectivity index (χ1n) is 7.09. The number of amides is 2. The van der Waals surface area contributed by atoms with Crippen molar-refractivity contribution in [2.24, 2.45) is 0 Å². The van der Waals surface area contributed by atoms with Gasteiger partial charge in [-0.25, -0.2) is 14.5 Å². The Morgan fingerprint density at radius 1 is 1.41 bits per heavy atom. The van der Waals surface area contributed by atoms with Gasteiger partial charge in [-0.2, -0.15) is 5.10 Å². The highest BCUT2D eigenvalue weighted by Gasteiger charge is 2.22. The lowest BCUT2D eigenvalue weighted by molar-refractivity contribution is 0.233. The molecule has 1 aromatic carbocycles. The van der Waals surface area contributed by atoms with Gasteiger partial charge in [0.15, 0.2) is 0 Å². The smallest absolute Gasteiger partial charge is 0.332 e. The summed E-state index contributed by atoms with van der Waals surface area (Å²) >= 11 is 6.01. The van der Waals surface area contributed by atoms with Crippen molar-refractivity contribution in [3.05, 3.63) is 40.9 Å². The topological polar surface area (TPSA) is 83.9 Å². The molecule has 1 aliphatic heterocycles. The number of hydrazine groups is 1. The number of urea groups is 1. The second-order valence-electron chi connectivity index (χ2n) is 5.20. The Morgan fingerprint density at radius 2 is 2.23 bits per heavy atom. The molecule has 1 unspecified atom stereocenters. The molecule has 3 rings (SSSR count). The molecule has 1 aromatic heterocycles. The predicted octanol–water partition coefficient (Wildman–Crippen LogP) is 1.88. The van der Waals surface area contributed by atoms with Gasteiger partial charge in [0.05, 0.1) is 23.3 Å². The van der Waals surface area contributed by atoms with Crippen molar-refractivity contribution < 1.29 is 4.79 Å². The average molecular weight is 321 g/mol. The average Bonchev–Trinajstić information content (AvgIpc) is 2.86. The minimum absolute atomic E-state index is 0.0293. The Hall–Kier alpha value is -2.28. The van der Waals surface area contributed by atoms with Gasteiger partial charge in [0, 0.05) is 6.42 Å². The highest BCUT2D eigenvalue weighted by Crippen LogP contribution is 2.19. The lowest BCUT2D eigenvalue weighted by Crippen LogP contribution is -2.47. The first-order chi connectivity index (χ1) is 10.6. The summed E-state index contributed by atoms with van der Waals surface area (Å²) in [5.74, 6) is 1.74. The zero-order valence-electron chi connectivity index (χ0n) is 12.1. The molecule has 0 aliphatic carbocycles. The number of para-hydroxylation sites is 1. The van der Waals surface area contributed by atoms with Crippen molar-refractivity contribution in [1.29, 1.82) is 0 Å². The van der Waals surface area contributed by atoms with Crippen LogP contribution in [0.3, 0.4) is 0 Å². The minimum atomic E-state index is -0.301. The molecule has 22 heavy (non-hydrogen) atoms. The van der Waals surface area contributed by atoms with Crippen molar-refractivity contribution in [1.82, 2.24) is 25.5 Å².